The molecule has 1 saturated heterocycles. The minimum absolute atomic E-state index is 0.243. The standard InChI is InChI=1S/C36H44Cl2N2O5S2/c1-23(2)33(22-47(44,45)24(3)4)40-34(26-12-14-28(37)15-13-26)32(27-8-7-9-29(38)18-27)20-36(6,35(40)42)19-30(41)21-46(39,43)31-16-10-25(5)11-17-31/h7-18,23-24,32-34,39H,19-22H2,1-6H3/t32-,33-,34-,36+,46?/m1/s1. The van der Waals surface area contributed by atoms with Gasteiger partial charge >= 0.3 is 0 Å². The summed E-state index contributed by atoms with van der Waals surface area (Å²) in [7, 11) is -7.06. The van der Waals surface area contributed by atoms with Gasteiger partial charge in [-0.25, -0.2) is 17.4 Å². The Bertz CT molecular complexity index is 1830. The molecule has 1 heterocycles. The molecule has 0 radical (unpaired) electrons. The molecule has 1 amide bonds. The lowest BCUT2D eigenvalue weighted by Crippen LogP contribution is -2.59. The van der Waals surface area contributed by atoms with E-state index in [1.54, 1.807) is 68.1 Å². The minimum Gasteiger partial charge on any atom is -0.330 e. The molecule has 5 atom stereocenters. The molecule has 3 aromatic rings. The van der Waals surface area contributed by atoms with Gasteiger partial charge in [0.05, 0.1) is 37.9 Å². The number of piperidine rings is 1. The number of rotatable bonds is 12. The van der Waals surface area contributed by atoms with Crippen molar-refractivity contribution in [2.75, 3.05) is 11.5 Å². The van der Waals surface area contributed by atoms with E-state index in [4.69, 9.17) is 28.0 Å². The number of carbonyl (C=O) groups is 2. The summed E-state index contributed by atoms with van der Waals surface area (Å²) in [6.45, 7) is 10.7. The second-order valence-electron chi connectivity index (χ2n) is 13.7. The molecule has 0 saturated carbocycles. The number of nitrogens with one attached hydrogen (secondary N) is 1. The Balaban J connectivity index is 1.86. The third-order valence-electron chi connectivity index (χ3n) is 9.19. The Morgan fingerprint density at radius 3 is 2.11 bits per heavy atom. The summed E-state index contributed by atoms with van der Waals surface area (Å²) in [4.78, 5) is 30.6. The van der Waals surface area contributed by atoms with E-state index in [0.29, 0.717) is 10.0 Å². The number of ketones is 1. The number of nitrogens with zero attached hydrogens (tertiary/aromatic N) is 1. The summed E-state index contributed by atoms with van der Waals surface area (Å²) >= 11 is 12.8. The monoisotopic (exact) mass is 718 g/mol. The number of benzene rings is 3. The number of amides is 1. The van der Waals surface area contributed by atoms with Gasteiger partial charge in [-0.15, -0.1) is 0 Å². The number of sulfone groups is 1. The average molecular weight is 720 g/mol. The van der Waals surface area contributed by atoms with E-state index in [1.807, 2.05) is 51.1 Å². The number of carbonyl (C=O) groups excluding carboxylic acids is 2. The first kappa shape index (κ1) is 37.1. The fourth-order valence-electron chi connectivity index (χ4n) is 6.49. The minimum atomic E-state index is -3.60. The van der Waals surface area contributed by atoms with Crippen molar-refractivity contribution in [3.63, 3.8) is 0 Å². The fraction of sp³-hybridized carbons (Fsp3) is 0.444. The zero-order chi connectivity index (χ0) is 34.9. The Hall–Kier alpha value is -2.72. The highest BCUT2D eigenvalue weighted by molar-refractivity contribution is 7.93. The van der Waals surface area contributed by atoms with Gasteiger partial charge in [0.15, 0.2) is 9.84 Å². The Morgan fingerprint density at radius 2 is 1.55 bits per heavy atom. The van der Waals surface area contributed by atoms with E-state index in [2.05, 4.69) is 0 Å². The number of hydrogen-bond donors (Lipinski definition) is 1. The van der Waals surface area contributed by atoms with Crippen molar-refractivity contribution in [3.05, 3.63) is 99.5 Å². The summed E-state index contributed by atoms with van der Waals surface area (Å²) in [5.41, 5.74) is 1.27. The van der Waals surface area contributed by atoms with Crippen LogP contribution in [-0.2, 0) is 29.2 Å². The summed E-state index contributed by atoms with van der Waals surface area (Å²) in [6.07, 6.45) is -0.0105. The third kappa shape index (κ3) is 8.48. The highest BCUT2D eigenvalue weighted by Gasteiger charge is 2.53. The molecule has 3 aromatic carbocycles. The van der Waals surface area contributed by atoms with Crippen LogP contribution in [0.1, 0.15) is 76.1 Å². The molecule has 254 valence electrons. The molecule has 1 aliphatic rings. The summed E-state index contributed by atoms with van der Waals surface area (Å²) in [6, 6.07) is 19.9. The topological polar surface area (TPSA) is 112 Å². The van der Waals surface area contributed by atoms with E-state index >= 15 is 0 Å². The molecule has 1 unspecified atom stereocenters. The van der Waals surface area contributed by atoms with Crippen molar-refractivity contribution in [3.8, 4) is 0 Å². The van der Waals surface area contributed by atoms with Crippen molar-refractivity contribution in [1.29, 1.82) is 4.78 Å². The van der Waals surface area contributed by atoms with E-state index < -0.39 is 53.9 Å². The first-order valence-electron chi connectivity index (χ1n) is 15.7. The molecule has 7 nitrogen and oxygen atoms in total. The van der Waals surface area contributed by atoms with Crippen LogP contribution >= 0.6 is 23.2 Å². The Morgan fingerprint density at radius 1 is 0.936 bits per heavy atom. The molecule has 0 bridgehead atoms. The van der Waals surface area contributed by atoms with Gasteiger partial charge in [-0.2, -0.15) is 0 Å². The first-order chi connectivity index (χ1) is 21.8. The van der Waals surface area contributed by atoms with Crippen molar-refractivity contribution in [1.82, 2.24) is 4.90 Å². The zero-order valence-corrected chi connectivity index (χ0v) is 30.8. The number of likely N-dealkylation sites (tertiary alicyclic amines) is 1. The SMILES string of the molecule is Cc1ccc(S(=N)(=O)CC(=O)C[C@@]2(C)C[C@H](c3cccc(Cl)c3)[C@@H](c3ccc(Cl)cc3)N([C@H](CS(=O)(=O)C(C)C)C(C)C)C2=O)cc1. The van der Waals surface area contributed by atoms with E-state index in [9.17, 15) is 22.2 Å². The summed E-state index contributed by atoms with van der Waals surface area (Å²) in [5.74, 6) is -2.24. The van der Waals surface area contributed by atoms with E-state index in [-0.39, 0.29) is 41.2 Å². The molecule has 0 spiro atoms. The van der Waals surface area contributed by atoms with Crippen LogP contribution in [-0.4, -0.2) is 52.0 Å². The Labute approximate surface area is 289 Å². The summed E-state index contributed by atoms with van der Waals surface area (Å²) < 4.78 is 48.9. The highest BCUT2D eigenvalue weighted by atomic mass is 35.5. The number of hydrogen-bond acceptors (Lipinski definition) is 6. The predicted octanol–water partition coefficient (Wildman–Crippen LogP) is 8.28. The zero-order valence-electron chi connectivity index (χ0n) is 27.7. The van der Waals surface area contributed by atoms with Crippen LogP contribution in [0.15, 0.2) is 77.7 Å². The Kier molecular flexibility index (Phi) is 11.4. The van der Waals surface area contributed by atoms with Crippen molar-refractivity contribution in [2.24, 2.45) is 11.3 Å². The maximum absolute atomic E-state index is 15.0. The predicted molar refractivity (Wildman–Crippen MR) is 190 cm³/mol. The third-order valence-corrected chi connectivity index (χ3v) is 13.7. The van der Waals surface area contributed by atoms with Gasteiger partial charge in [0.2, 0.25) is 5.91 Å². The van der Waals surface area contributed by atoms with E-state index in [0.717, 1.165) is 16.7 Å². The number of aryl methyl sites for hydroxylation is 1. The van der Waals surface area contributed by atoms with Gasteiger partial charge in [0.1, 0.15) is 5.78 Å². The number of halogens is 2. The molecule has 11 heteroatoms. The van der Waals surface area contributed by atoms with Crippen LogP contribution < -0.4 is 0 Å². The smallest absolute Gasteiger partial charge is 0.229 e. The normalized spacial score (nSPS) is 22.3. The van der Waals surface area contributed by atoms with Gasteiger partial charge in [0, 0.05) is 33.3 Å². The molecular formula is C36H44Cl2N2O5S2. The lowest BCUT2D eigenvalue weighted by atomic mass is 9.66. The van der Waals surface area contributed by atoms with Crippen molar-refractivity contribution in [2.45, 2.75) is 82.5 Å². The lowest BCUT2D eigenvalue weighted by Gasteiger charge is -2.53. The van der Waals surface area contributed by atoms with Crippen LogP contribution in [0.5, 0.6) is 0 Å². The fourth-order valence-corrected chi connectivity index (χ4v) is 9.52. The molecule has 1 aliphatic heterocycles. The molecule has 1 fully saturated rings. The lowest BCUT2D eigenvalue weighted by molar-refractivity contribution is -0.157. The maximum Gasteiger partial charge on any atom is 0.229 e. The molecule has 0 aromatic heterocycles. The van der Waals surface area contributed by atoms with Gasteiger partial charge in [0.25, 0.3) is 0 Å². The van der Waals surface area contributed by atoms with Crippen LogP contribution in [0, 0.1) is 23.0 Å². The first-order valence-corrected chi connectivity index (χ1v) is 19.9. The largest absolute Gasteiger partial charge is 0.330 e. The van der Waals surface area contributed by atoms with Gasteiger partial charge in [-0.3, -0.25) is 9.59 Å². The summed E-state index contributed by atoms with van der Waals surface area (Å²) in [5, 5.41) is 0.377. The van der Waals surface area contributed by atoms with Crippen LogP contribution in [0.4, 0.5) is 0 Å². The van der Waals surface area contributed by atoms with Crippen LogP contribution in [0.3, 0.4) is 0 Å². The highest BCUT2D eigenvalue weighted by Crippen LogP contribution is 2.52. The second kappa shape index (κ2) is 14.4. The van der Waals surface area contributed by atoms with Gasteiger partial charge in [-0.05, 0) is 80.6 Å². The van der Waals surface area contributed by atoms with E-state index in [1.165, 1.54) is 0 Å². The van der Waals surface area contributed by atoms with Crippen molar-refractivity contribution < 1.29 is 22.2 Å². The quantitative estimate of drug-likeness (QED) is 0.203. The second-order valence-corrected chi connectivity index (χ2v) is 19.3. The maximum atomic E-state index is 15.0. The molecule has 47 heavy (non-hydrogen) atoms. The van der Waals surface area contributed by atoms with Gasteiger partial charge < -0.3 is 4.90 Å². The van der Waals surface area contributed by atoms with Crippen molar-refractivity contribution >= 4 is 54.5 Å². The van der Waals surface area contributed by atoms with Crippen LogP contribution in [0.2, 0.25) is 10.0 Å². The molecular weight excluding hydrogens is 675 g/mol. The van der Waals surface area contributed by atoms with Gasteiger partial charge in [-0.1, -0.05) is 85.9 Å². The molecule has 0 aliphatic carbocycles. The molecule has 1 N–H and O–H groups in total. The molecule has 4 rings (SSSR count). The van der Waals surface area contributed by atoms with Crippen LogP contribution in [0.25, 0.3) is 0 Å². The number of Topliss-reactive ketones (excluding diaryl/α,β-unsaturated/α-hetero) is 1. The average Bonchev–Trinajstić information content (AvgIpc) is 2.97.